The predicted octanol–water partition coefficient (Wildman–Crippen LogP) is 4.30. The SMILES string of the molecule is COc1ccc(-c2cnc3c(Nc4cc(F)c(C(=O)NCCCN)c(Cl)c4)nccn23)c(F)c1F. The number of rotatable bonds is 8. The van der Waals surface area contributed by atoms with Crippen LogP contribution in [-0.4, -0.2) is 40.5 Å². The first-order chi connectivity index (χ1) is 16.8. The van der Waals surface area contributed by atoms with Crippen molar-refractivity contribution in [2.75, 3.05) is 25.5 Å². The van der Waals surface area contributed by atoms with Gasteiger partial charge in [0.25, 0.3) is 5.91 Å². The van der Waals surface area contributed by atoms with E-state index in [1.54, 1.807) is 0 Å². The molecule has 0 fully saturated rings. The molecule has 35 heavy (non-hydrogen) atoms. The lowest BCUT2D eigenvalue weighted by atomic mass is 10.1. The highest BCUT2D eigenvalue weighted by molar-refractivity contribution is 6.34. The third-order valence-electron chi connectivity index (χ3n) is 5.17. The average molecular weight is 505 g/mol. The third-order valence-corrected chi connectivity index (χ3v) is 5.47. The maximum Gasteiger partial charge on any atom is 0.255 e. The van der Waals surface area contributed by atoms with Crippen LogP contribution < -0.4 is 21.1 Å². The number of aromatic nitrogens is 3. The second-order valence-electron chi connectivity index (χ2n) is 7.39. The van der Waals surface area contributed by atoms with Gasteiger partial charge in [0.05, 0.1) is 29.6 Å². The molecule has 0 atom stereocenters. The predicted molar refractivity (Wildman–Crippen MR) is 126 cm³/mol. The summed E-state index contributed by atoms with van der Waals surface area (Å²) in [6, 6.07) is 5.15. The fourth-order valence-electron chi connectivity index (χ4n) is 3.49. The van der Waals surface area contributed by atoms with Gasteiger partial charge in [0.2, 0.25) is 5.82 Å². The van der Waals surface area contributed by atoms with Gasteiger partial charge in [0, 0.05) is 30.2 Å². The number of hydrogen-bond acceptors (Lipinski definition) is 6. The van der Waals surface area contributed by atoms with Gasteiger partial charge in [-0.25, -0.2) is 18.7 Å². The van der Waals surface area contributed by atoms with Crippen LogP contribution in [0.2, 0.25) is 5.02 Å². The molecule has 12 heteroatoms. The molecular weight excluding hydrogens is 485 g/mol. The first-order valence-electron chi connectivity index (χ1n) is 10.4. The molecule has 0 saturated carbocycles. The van der Waals surface area contributed by atoms with Crippen molar-refractivity contribution in [2.24, 2.45) is 5.73 Å². The fraction of sp³-hybridized carbons (Fsp3) is 0.174. The Bertz CT molecular complexity index is 1390. The van der Waals surface area contributed by atoms with E-state index in [4.69, 9.17) is 22.1 Å². The van der Waals surface area contributed by atoms with Crippen molar-refractivity contribution in [3.05, 3.63) is 70.9 Å². The van der Waals surface area contributed by atoms with Crippen molar-refractivity contribution in [3.63, 3.8) is 0 Å². The second kappa shape index (κ2) is 10.2. The lowest BCUT2D eigenvalue weighted by molar-refractivity contribution is 0.0949. The Labute approximate surface area is 202 Å². The van der Waals surface area contributed by atoms with Crippen LogP contribution in [0.5, 0.6) is 5.75 Å². The van der Waals surface area contributed by atoms with E-state index < -0.39 is 23.4 Å². The van der Waals surface area contributed by atoms with Gasteiger partial charge >= 0.3 is 0 Å². The Morgan fingerprint density at radius 3 is 2.71 bits per heavy atom. The summed E-state index contributed by atoms with van der Waals surface area (Å²) < 4.78 is 49.9. The van der Waals surface area contributed by atoms with Crippen LogP contribution in [0.1, 0.15) is 16.8 Å². The summed E-state index contributed by atoms with van der Waals surface area (Å²) in [6.45, 7) is 0.672. The molecular formula is C23H20ClF3N6O2. The van der Waals surface area contributed by atoms with Crippen molar-refractivity contribution in [1.82, 2.24) is 19.7 Å². The van der Waals surface area contributed by atoms with Crippen molar-refractivity contribution in [1.29, 1.82) is 0 Å². The van der Waals surface area contributed by atoms with Crippen LogP contribution in [-0.2, 0) is 0 Å². The highest BCUT2D eigenvalue weighted by atomic mass is 35.5. The molecule has 0 aliphatic carbocycles. The Hall–Kier alpha value is -3.83. The molecule has 4 aromatic rings. The number of methoxy groups -OCH3 is 1. The van der Waals surface area contributed by atoms with E-state index in [1.165, 1.54) is 48.3 Å². The molecule has 4 N–H and O–H groups in total. The maximum atomic E-state index is 14.7. The number of anilines is 2. The number of imidazole rings is 1. The quantitative estimate of drug-likeness (QED) is 0.309. The number of ether oxygens (including phenoxy) is 1. The zero-order valence-corrected chi connectivity index (χ0v) is 19.2. The zero-order chi connectivity index (χ0) is 25.1. The Balaban J connectivity index is 1.66. The number of nitrogens with two attached hydrogens (primary N) is 1. The van der Waals surface area contributed by atoms with E-state index >= 15 is 0 Å². The fourth-order valence-corrected chi connectivity index (χ4v) is 3.78. The van der Waals surface area contributed by atoms with Crippen LogP contribution in [0.15, 0.2) is 42.9 Å². The maximum absolute atomic E-state index is 14.7. The average Bonchev–Trinajstić information content (AvgIpc) is 3.25. The van der Waals surface area contributed by atoms with Gasteiger partial charge in [-0.2, -0.15) is 4.39 Å². The molecule has 0 aliphatic heterocycles. The minimum Gasteiger partial charge on any atom is -0.494 e. The van der Waals surface area contributed by atoms with Gasteiger partial charge in [-0.1, -0.05) is 11.6 Å². The second-order valence-corrected chi connectivity index (χ2v) is 7.80. The number of nitrogens with one attached hydrogen (secondary N) is 2. The molecule has 0 bridgehead atoms. The van der Waals surface area contributed by atoms with Crippen LogP contribution in [0, 0.1) is 17.5 Å². The van der Waals surface area contributed by atoms with Gasteiger partial charge in [-0.3, -0.25) is 9.20 Å². The summed E-state index contributed by atoms with van der Waals surface area (Å²) in [5.74, 6) is -3.73. The van der Waals surface area contributed by atoms with E-state index in [9.17, 15) is 18.0 Å². The van der Waals surface area contributed by atoms with Crippen LogP contribution in [0.4, 0.5) is 24.7 Å². The van der Waals surface area contributed by atoms with Crippen LogP contribution in [0.3, 0.4) is 0 Å². The molecule has 0 aliphatic rings. The summed E-state index contributed by atoms with van der Waals surface area (Å²) >= 11 is 6.17. The molecule has 0 unspecified atom stereocenters. The lowest BCUT2D eigenvalue weighted by Gasteiger charge is -2.12. The third kappa shape index (κ3) is 4.73. The molecule has 0 saturated heterocycles. The Morgan fingerprint density at radius 1 is 1.20 bits per heavy atom. The van der Waals surface area contributed by atoms with Gasteiger partial charge in [-0.05, 0) is 37.2 Å². The van der Waals surface area contributed by atoms with E-state index in [0.717, 1.165) is 6.07 Å². The lowest BCUT2D eigenvalue weighted by Crippen LogP contribution is -2.27. The summed E-state index contributed by atoms with van der Waals surface area (Å²) in [4.78, 5) is 20.7. The van der Waals surface area contributed by atoms with Crippen molar-refractivity contribution >= 4 is 34.7 Å². The summed E-state index contributed by atoms with van der Waals surface area (Å²) in [5.41, 5.74) is 5.80. The summed E-state index contributed by atoms with van der Waals surface area (Å²) in [7, 11) is 1.24. The number of amides is 1. The zero-order valence-electron chi connectivity index (χ0n) is 18.4. The molecule has 182 valence electrons. The number of hydrogen-bond donors (Lipinski definition) is 3. The highest BCUT2D eigenvalue weighted by Crippen LogP contribution is 2.32. The summed E-state index contributed by atoms with van der Waals surface area (Å²) in [6.07, 6.45) is 4.83. The molecule has 0 spiro atoms. The molecule has 2 aromatic heterocycles. The van der Waals surface area contributed by atoms with Crippen LogP contribution in [0.25, 0.3) is 16.9 Å². The molecule has 2 aromatic carbocycles. The van der Waals surface area contributed by atoms with Crippen molar-refractivity contribution in [3.8, 4) is 17.0 Å². The number of carbonyl (C=O) groups excluding carboxylic acids is 1. The van der Waals surface area contributed by atoms with Gasteiger partial charge in [0.1, 0.15) is 5.82 Å². The molecule has 2 heterocycles. The molecule has 4 rings (SSSR count). The standard InChI is InChI=1S/C23H20ClF3N6O2/c1-35-17-4-3-13(19(26)20(17)27)16-11-31-22-21(29-7-8-33(16)22)32-12-9-14(24)18(15(25)10-12)23(34)30-6-2-5-28/h3-4,7-11H,2,5-6,28H2,1H3,(H,29,32)(H,30,34). The van der Waals surface area contributed by atoms with E-state index in [1.807, 2.05) is 0 Å². The van der Waals surface area contributed by atoms with E-state index in [2.05, 4.69) is 20.6 Å². The topological polar surface area (TPSA) is 107 Å². The smallest absolute Gasteiger partial charge is 0.255 e. The van der Waals surface area contributed by atoms with E-state index in [0.29, 0.717) is 13.0 Å². The van der Waals surface area contributed by atoms with Gasteiger partial charge in [-0.15, -0.1) is 0 Å². The largest absolute Gasteiger partial charge is 0.494 e. The number of halogens is 4. The Morgan fingerprint density at radius 2 is 2.00 bits per heavy atom. The minimum atomic E-state index is -1.12. The minimum absolute atomic E-state index is 0.0351. The van der Waals surface area contributed by atoms with Crippen LogP contribution >= 0.6 is 11.6 Å². The molecule has 1 amide bonds. The Kier molecular flexibility index (Phi) is 7.08. The number of carbonyl (C=O) groups is 1. The number of nitrogens with zero attached hydrogens (tertiary/aromatic N) is 3. The molecule has 0 radical (unpaired) electrons. The number of benzene rings is 2. The summed E-state index contributed by atoms with van der Waals surface area (Å²) in [5, 5.41) is 5.35. The normalized spacial score (nSPS) is 11.0. The van der Waals surface area contributed by atoms with Gasteiger partial charge < -0.3 is 21.1 Å². The number of fused-ring (bicyclic) bond motifs is 1. The van der Waals surface area contributed by atoms with Crippen molar-refractivity contribution < 1.29 is 22.7 Å². The van der Waals surface area contributed by atoms with Crippen molar-refractivity contribution in [2.45, 2.75) is 6.42 Å². The van der Waals surface area contributed by atoms with E-state index in [-0.39, 0.29) is 51.3 Å². The monoisotopic (exact) mass is 504 g/mol. The van der Waals surface area contributed by atoms with Gasteiger partial charge in [0.15, 0.2) is 23.0 Å². The first kappa shape index (κ1) is 24.3. The molecule has 8 nitrogen and oxygen atoms in total. The highest BCUT2D eigenvalue weighted by Gasteiger charge is 2.20. The first-order valence-corrected chi connectivity index (χ1v) is 10.8.